The Morgan fingerprint density at radius 3 is 2.40 bits per heavy atom. The summed E-state index contributed by atoms with van der Waals surface area (Å²) in [4.78, 5) is 2.26. The van der Waals surface area contributed by atoms with E-state index in [0.717, 1.165) is 13.1 Å². The molecule has 1 aromatic carbocycles. The summed E-state index contributed by atoms with van der Waals surface area (Å²) < 4.78 is 25.5. The summed E-state index contributed by atoms with van der Waals surface area (Å²) in [6.07, 6.45) is 0. The third-order valence-corrected chi connectivity index (χ3v) is 5.83. The van der Waals surface area contributed by atoms with Crippen LogP contribution in [0.2, 0.25) is 0 Å². The van der Waals surface area contributed by atoms with E-state index in [1.54, 1.807) is 4.31 Å². The monoisotopic (exact) mass is 297 g/mol. The zero-order valence-corrected chi connectivity index (χ0v) is 13.0. The maximum atomic E-state index is 12.0. The van der Waals surface area contributed by atoms with Crippen molar-refractivity contribution in [3.63, 3.8) is 0 Å². The minimum absolute atomic E-state index is 0.0382. The van der Waals surface area contributed by atoms with Crippen LogP contribution in [0.15, 0.2) is 18.2 Å². The molecule has 0 aromatic heterocycles. The van der Waals surface area contributed by atoms with Crippen molar-refractivity contribution in [2.75, 3.05) is 43.4 Å². The van der Waals surface area contributed by atoms with Gasteiger partial charge in [-0.2, -0.15) is 4.31 Å². The summed E-state index contributed by atoms with van der Waals surface area (Å²) in [5.74, 6) is 0.0382. The third kappa shape index (κ3) is 3.13. The molecule has 0 bridgehead atoms. The molecule has 1 saturated heterocycles. The van der Waals surface area contributed by atoms with Crippen molar-refractivity contribution >= 4 is 15.7 Å². The molecule has 6 heteroatoms. The number of benzene rings is 1. The Labute approximate surface area is 121 Å². The van der Waals surface area contributed by atoms with Crippen molar-refractivity contribution in [2.45, 2.75) is 13.8 Å². The number of hydrogen-bond acceptors (Lipinski definition) is 4. The maximum Gasteiger partial charge on any atom is 0.215 e. The number of piperazine rings is 1. The zero-order valence-electron chi connectivity index (χ0n) is 12.2. The quantitative estimate of drug-likeness (QED) is 0.889. The van der Waals surface area contributed by atoms with Gasteiger partial charge >= 0.3 is 0 Å². The van der Waals surface area contributed by atoms with E-state index in [4.69, 9.17) is 5.73 Å². The van der Waals surface area contributed by atoms with E-state index >= 15 is 0 Å². The second-order valence-electron chi connectivity index (χ2n) is 5.21. The average molecular weight is 297 g/mol. The number of anilines is 1. The Morgan fingerprint density at radius 1 is 1.15 bits per heavy atom. The molecule has 0 radical (unpaired) electrons. The maximum absolute atomic E-state index is 12.0. The van der Waals surface area contributed by atoms with E-state index in [2.05, 4.69) is 36.9 Å². The van der Waals surface area contributed by atoms with Gasteiger partial charge in [0.1, 0.15) is 0 Å². The molecule has 112 valence electrons. The van der Waals surface area contributed by atoms with Crippen LogP contribution in [0.1, 0.15) is 11.1 Å². The molecule has 0 spiro atoms. The van der Waals surface area contributed by atoms with E-state index in [0.29, 0.717) is 13.1 Å². The molecule has 0 amide bonds. The van der Waals surface area contributed by atoms with E-state index in [1.165, 1.54) is 16.8 Å². The molecule has 1 aliphatic rings. The van der Waals surface area contributed by atoms with Crippen molar-refractivity contribution in [1.82, 2.24) is 4.31 Å². The first-order valence-electron chi connectivity index (χ1n) is 6.95. The molecule has 1 aromatic rings. The van der Waals surface area contributed by atoms with Crippen LogP contribution in [0.3, 0.4) is 0 Å². The molecule has 1 heterocycles. The van der Waals surface area contributed by atoms with Crippen molar-refractivity contribution in [3.05, 3.63) is 29.3 Å². The fourth-order valence-corrected chi connectivity index (χ4v) is 3.84. The van der Waals surface area contributed by atoms with Gasteiger partial charge in [-0.15, -0.1) is 0 Å². The number of nitrogens with zero attached hydrogens (tertiary/aromatic N) is 2. The lowest BCUT2D eigenvalue weighted by atomic mass is 10.1. The normalized spacial score (nSPS) is 17.4. The fraction of sp³-hybridized carbons (Fsp3) is 0.571. The molecule has 2 rings (SSSR count). The van der Waals surface area contributed by atoms with Crippen LogP contribution in [0.25, 0.3) is 0 Å². The molecular weight excluding hydrogens is 274 g/mol. The van der Waals surface area contributed by atoms with Gasteiger partial charge in [0.05, 0.1) is 5.75 Å². The predicted octanol–water partition coefficient (Wildman–Crippen LogP) is 0.714. The second-order valence-corrected chi connectivity index (χ2v) is 7.30. The molecule has 2 N–H and O–H groups in total. The van der Waals surface area contributed by atoms with Crippen LogP contribution in [-0.4, -0.2) is 51.2 Å². The van der Waals surface area contributed by atoms with Gasteiger partial charge < -0.3 is 10.6 Å². The highest BCUT2D eigenvalue weighted by Gasteiger charge is 2.26. The highest BCUT2D eigenvalue weighted by molar-refractivity contribution is 7.89. The van der Waals surface area contributed by atoms with E-state index in [9.17, 15) is 8.42 Å². The SMILES string of the molecule is Cc1cccc(N2CCN(S(=O)(=O)CCN)CC2)c1C. The van der Waals surface area contributed by atoms with Gasteiger partial charge in [0, 0.05) is 38.4 Å². The Hall–Kier alpha value is -1.11. The molecule has 0 saturated carbocycles. The molecule has 0 unspecified atom stereocenters. The van der Waals surface area contributed by atoms with Gasteiger partial charge in [-0.25, -0.2) is 8.42 Å². The van der Waals surface area contributed by atoms with Gasteiger partial charge in [0.15, 0.2) is 0 Å². The van der Waals surface area contributed by atoms with Gasteiger partial charge in [-0.05, 0) is 31.0 Å². The van der Waals surface area contributed by atoms with Crippen LogP contribution >= 0.6 is 0 Å². The Balaban J connectivity index is 2.07. The van der Waals surface area contributed by atoms with Crippen LogP contribution in [0.4, 0.5) is 5.69 Å². The summed E-state index contributed by atoms with van der Waals surface area (Å²) in [7, 11) is -3.18. The smallest absolute Gasteiger partial charge is 0.215 e. The van der Waals surface area contributed by atoms with E-state index in [1.807, 2.05) is 0 Å². The number of aryl methyl sites for hydroxylation is 1. The van der Waals surface area contributed by atoms with Crippen LogP contribution in [0.5, 0.6) is 0 Å². The zero-order chi connectivity index (χ0) is 14.8. The highest BCUT2D eigenvalue weighted by atomic mass is 32.2. The summed E-state index contributed by atoms with van der Waals surface area (Å²) in [6, 6.07) is 6.25. The molecule has 20 heavy (non-hydrogen) atoms. The van der Waals surface area contributed by atoms with Crippen LogP contribution in [-0.2, 0) is 10.0 Å². The van der Waals surface area contributed by atoms with Gasteiger partial charge in [0.2, 0.25) is 10.0 Å². The first-order chi connectivity index (χ1) is 9.45. The number of hydrogen-bond donors (Lipinski definition) is 1. The summed E-state index contributed by atoms with van der Waals surface area (Å²) in [5, 5.41) is 0. The van der Waals surface area contributed by atoms with Gasteiger partial charge in [-0.1, -0.05) is 12.1 Å². The van der Waals surface area contributed by atoms with E-state index in [-0.39, 0.29) is 12.3 Å². The standard InChI is InChI=1S/C14H23N3O2S/c1-12-4-3-5-14(13(12)2)16-7-9-17(10-8-16)20(18,19)11-6-15/h3-5H,6-11,15H2,1-2H3. The molecular formula is C14H23N3O2S. The number of sulfonamides is 1. The van der Waals surface area contributed by atoms with E-state index < -0.39 is 10.0 Å². The molecule has 5 nitrogen and oxygen atoms in total. The van der Waals surface area contributed by atoms with Crippen LogP contribution in [0, 0.1) is 13.8 Å². The van der Waals surface area contributed by atoms with Gasteiger partial charge in [-0.3, -0.25) is 0 Å². The summed E-state index contributed by atoms with van der Waals surface area (Å²) >= 11 is 0. The Morgan fingerprint density at radius 2 is 1.80 bits per heavy atom. The lowest BCUT2D eigenvalue weighted by Crippen LogP contribution is -2.50. The first-order valence-corrected chi connectivity index (χ1v) is 8.55. The first kappa shape index (κ1) is 15.3. The van der Waals surface area contributed by atoms with Crippen molar-refractivity contribution in [3.8, 4) is 0 Å². The topological polar surface area (TPSA) is 66.6 Å². The van der Waals surface area contributed by atoms with Crippen molar-refractivity contribution in [2.24, 2.45) is 5.73 Å². The molecule has 0 aliphatic carbocycles. The third-order valence-electron chi connectivity index (χ3n) is 3.92. The molecule has 1 fully saturated rings. The minimum atomic E-state index is -3.18. The highest BCUT2D eigenvalue weighted by Crippen LogP contribution is 2.24. The molecule has 1 aliphatic heterocycles. The Kier molecular flexibility index (Phi) is 4.67. The van der Waals surface area contributed by atoms with Crippen molar-refractivity contribution < 1.29 is 8.42 Å². The number of nitrogens with two attached hydrogens (primary N) is 1. The van der Waals surface area contributed by atoms with Gasteiger partial charge in [0.25, 0.3) is 0 Å². The average Bonchev–Trinajstić information content (AvgIpc) is 2.42. The second kappa shape index (κ2) is 6.11. The minimum Gasteiger partial charge on any atom is -0.369 e. The fourth-order valence-electron chi connectivity index (χ4n) is 2.56. The largest absolute Gasteiger partial charge is 0.369 e. The van der Waals surface area contributed by atoms with Crippen molar-refractivity contribution in [1.29, 1.82) is 0 Å². The lowest BCUT2D eigenvalue weighted by molar-refractivity contribution is 0.385. The summed E-state index contributed by atoms with van der Waals surface area (Å²) in [6.45, 7) is 6.93. The Bertz CT molecular complexity index is 564. The number of rotatable bonds is 4. The molecule has 0 atom stereocenters. The van der Waals surface area contributed by atoms with Crippen LogP contribution < -0.4 is 10.6 Å². The predicted molar refractivity (Wildman–Crippen MR) is 82.5 cm³/mol. The lowest BCUT2D eigenvalue weighted by Gasteiger charge is -2.36. The summed E-state index contributed by atoms with van der Waals surface area (Å²) in [5.41, 5.74) is 9.10.